The van der Waals surface area contributed by atoms with Gasteiger partial charge in [0.15, 0.2) is 5.78 Å². The lowest BCUT2D eigenvalue weighted by atomic mass is 10.2. The van der Waals surface area contributed by atoms with Crippen molar-refractivity contribution in [3.05, 3.63) is 65.7 Å². The Morgan fingerprint density at radius 3 is 2.25 bits per heavy atom. The van der Waals surface area contributed by atoms with Crippen LogP contribution in [-0.2, 0) is 19.1 Å². The van der Waals surface area contributed by atoms with Gasteiger partial charge < -0.3 is 4.74 Å². The highest BCUT2D eigenvalue weighted by Gasteiger charge is 2.16. The quantitative estimate of drug-likeness (QED) is 0.569. The van der Waals surface area contributed by atoms with E-state index >= 15 is 0 Å². The first-order valence-corrected chi connectivity index (χ1v) is 8.62. The van der Waals surface area contributed by atoms with Gasteiger partial charge in [0, 0.05) is 0 Å². The van der Waals surface area contributed by atoms with Crippen molar-refractivity contribution in [3.63, 3.8) is 0 Å². The third-order valence-corrected chi connectivity index (χ3v) is 4.52. The smallest absolute Gasteiger partial charge is 0.297 e. The highest BCUT2D eigenvalue weighted by Crippen LogP contribution is 2.14. The number of hydrogen-bond donors (Lipinski definition) is 0. The minimum atomic E-state index is -3.94. The van der Waals surface area contributed by atoms with Gasteiger partial charge in [0.2, 0.25) is 0 Å². The molecule has 5 nitrogen and oxygen atoms in total. The van der Waals surface area contributed by atoms with E-state index in [1.165, 1.54) is 18.2 Å². The number of carbonyl (C=O) groups excluding carboxylic acids is 1. The lowest BCUT2D eigenvalue weighted by Gasteiger charge is -2.04. The zero-order valence-corrected chi connectivity index (χ0v) is 14.2. The van der Waals surface area contributed by atoms with Crippen molar-refractivity contribution in [1.29, 1.82) is 0 Å². The fraction of sp³-hybridized carbons (Fsp3) is 0.167. The van der Waals surface area contributed by atoms with Gasteiger partial charge in [-0.3, -0.25) is 8.98 Å². The summed E-state index contributed by atoms with van der Waals surface area (Å²) in [5.74, 6) is 0.271. The number of aryl methyl sites for hydroxylation is 1. The van der Waals surface area contributed by atoms with Gasteiger partial charge in [0.1, 0.15) is 12.4 Å². The molecular weight excluding hydrogens is 328 g/mol. The highest BCUT2D eigenvalue weighted by molar-refractivity contribution is 7.86. The largest absolute Gasteiger partial charge is 0.497 e. The highest BCUT2D eigenvalue weighted by atomic mass is 32.2. The van der Waals surface area contributed by atoms with Crippen molar-refractivity contribution < 1.29 is 22.1 Å². The Balaban J connectivity index is 1.94. The van der Waals surface area contributed by atoms with Crippen molar-refractivity contribution in [2.75, 3.05) is 13.7 Å². The summed E-state index contributed by atoms with van der Waals surface area (Å²) in [4.78, 5) is 11.8. The maximum atomic E-state index is 12.0. The Morgan fingerprint density at radius 2 is 1.67 bits per heavy atom. The van der Waals surface area contributed by atoms with Gasteiger partial charge in [-0.2, -0.15) is 8.42 Å². The predicted octanol–water partition coefficient (Wildman–Crippen LogP) is 2.99. The number of rotatable bonds is 7. The molecule has 0 aliphatic rings. The number of hydrogen-bond acceptors (Lipinski definition) is 5. The molecule has 126 valence electrons. The molecule has 2 aromatic rings. The van der Waals surface area contributed by atoms with E-state index in [2.05, 4.69) is 0 Å². The van der Waals surface area contributed by atoms with Crippen LogP contribution in [0.4, 0.5) is 0 Å². The van der Waals surface area contributed by atoms with E-state index < -0.39 is 22.5 Å². The van der Waals surface area contributed by atoms with E-state index in [-0.39, 0.29) is 4.90 Å². The molecule has 0 aliphatic carbocycles. The minimum absolute atomic E-state index is 0.0278. The lowest BCUT2D eigenvalue weighted by molar-refractivity contribution is -0.116. The van der Waals surface area contributed by atoms with Crippen LogP contribution in [0.15, 0.2) is 59.5 Å². The number of ketones is 1. The van der Waals surface area contributed by atoms with Crippen LogP contribution in [0.1, 0.15) is 11.1 Å². The van der Waals surface area contributed by atoms with E-state index in [1.54, 1.807) is 49.6 Å². The summed E-state index contributed by atoms with van der Waals surface area (Å²) in [5, 5.41) is 0. The average molecular weight is 346 g/mol. The molecule has 0 saturated heterocycles. The molecule has 0 N–H and O–H groups in total. The van der Waals surface area contributed by atoms with Gasteiger partial charge in [0.25, 0.3) is 10.1 Å². The summed E-state index contributed by atoms with van der Waals surface area (Å²) < 4.78 is 33.8. The van der Waals surface area contributed by atoms with Crippen LogP contribution in [0.2, 0.25) is 0 Å². The van der Waals surface area contributed by atoms with E-state index in [4.69, 9.17) is 8.92 Å². The van der Waals surface area contributed by atoms with Crippen LogP contribution in [0, 0.1) is 6.92 Å². The molecule has 0 fully saturated rings. The molecule has 0 aliphatic heterocycles. The average Bonchev–Trinajstić information content (AvgIpc) is 2.59. The van der Waals surface area contributed by atoms with Crippen molar-refractivity contribution in [2.24, 2.45) is 0 Å². The van der Waals surface area contributed by atoms with Crippen LogP contribution < -0.4 is 4.74 Å². The molecule has 0 atom stereocenters. The van der Waals surface area contributed by atoms with Gasteiger partial charge in [-0.1, -0.05) is 35.9 Å². The van der Waals surface area contributed by atoms with Crippen LogP contribution in [0.3, 0.4) is 0 Å². The molecule has 2 rings (SSSR count). The maximum absolute atomic E-state index is 12.0. The molecular formula is C18H18O5S. The third kappa shape index (κ3) is 5.04. The normalized spacial score (nSPS) is 11.6. The monoisotopic (exact) mass is 346 g/mol. The molecule has 0 aromatic heterocycles. The van der Waals surface area contributed by atoms with Crippen LogP contribution in [0.25, 0.3) is 6.08 Å². The zero-order chi connectivity index (χ0) is 17.6. The van der Waals surface area contributed by atoms with Gasteiger partial charge >= 0.3 is 0 Å². The van der Waals surface area contributed by atoms with Gasteiger partial charge in [-0.15, -0.1) is 0 Å². The van der Waals surface area contributed by atoms with Crippen molar-refractivity contribution >= 4 is 22.0 Å². The summed E-state index contributed by atoms with van der Waals surface area (Å²) in [6.45, 7) is 1.31. The SMILES string of the molecule is COc1ccc(/C=C/C(=O)COS(=O)(=O)c2ccc(C)cc2)cc1. The predicted molar refractivity (Wildman–Crippen MR) is 91.4 cm³/mol. The Labute approximate surface area is 141 Å². The molecule has 6 heteroatoms. The van der Waals surface area contributed by atoms with E-state index in [0.29, 0.717) is 5.75 Å². The second-order valence-electron chi connectivity index (χ2n) is 5.10. The standard InChI is InChI=1S/C18H18O5S/c1-14-3-11-18(12-4-14)24(20,21)23-13-16(19)8-5-15-6-9-17(22-2)10-7-15/h3-12H,13H2,1-2H3/b8-5+. The fourth-order valence-electron chi connectivity index (χ4n) is 1.86. The van der Waals surface area contributed by atoms with Crippen LogP contribution >= 0.6 is 0 Å². The second kappa shape index (κ2) is 7.90. The molecule has 0 bridgehead atoms. The number of benzene rings is 2. The summed E-state index contributed by atoms with van der Waals surface area (Å²) in [5.41, 5.74) is 1.73. The van der Waals surface area contributed by atoms with Gasteiger partial charge in [-0.05, 0) is 42.8 Å². The summed E-state index contributed by atoms with van der Waals surface area (Å²) in [6, 6.07) is 13.3. The van der Waals surface area contributed by atoms with E-state index in [9.17, 15) is 13.2 Å². The van der Waals surface area contributed by atoms with Crippen molar-refractivity contribution in [3.8, 4) is 5.75 Å². The molecule has 0 heterocycles. The van der Waals surface area contributed by atoms with E-state index in [0.717, 1.165) is 11.1 Å². The Bertz CT molecular complexity index is 819. The van der Waals surface area contributed by atoms with Crippen molar-refractivity contribution in [1.82, 2.24) is 0 Å². The molecule has 0 spiro atoms. The lowest BCUT2D eigenvalue weighted by Crippen LogP contribution is -2.12. The molecule has 2 aromatic carbocycles. The first-order chi connectivity index (χ1) is 11.4. The summed E-state index contributed by atoms with van der Waals surface area (Å²) >= 11 is 0. The number of ether oxygens (including phenoxy) is 1. The fourth-order valence-corrected chi connectivity index (χ4v) is 2.74. The molecule has 24 heavy (non-hydrogen) atoms. The molecule has 0 unspecified atom stereocenters. The Hall–Kier alpha value is -2.44. The minimum Gasteiger partial charge on any atom is -0.497 e. The Kier molecular flexibility index (Phi) is 5.89. The topological polar surface area (TPSA) is 69.7 Å². The van der Waals surface area contributed by atoms with Gasteiger partial charge in [-0.25, -0.2) is 0 Å². The van der Waals surface area contributed by atoms with Crippen LogP contribution in [-0.4, -0.2) is 27.9 Å². The summed E-state index contributed by atoms with van der Waals surface area (Å²) in [6.07, 6.45) is 2.87. The molecule has 0 saturated carbocycles. The maximum Gasteiger partial charge on any atom is 0.297 e. The Morgan fingerprint density at radius 1 is 1.04 bits per heavy atom. The number of carbonyl (C=O) groups is 1. The first-order valence-electron chi connectivity index (χ1n) is 7.22. The summed E-state index contributed by atoms with van der Waals surface area (Å²) in [7, 11) is -2.37. The zero-order valence-electron chi connectivity index (χ0n) is 13.4. The second-order valence-corrected chi connectivity index (χ2v) is 6.72. The molecule has 0 amide bonds. The molecule has 0 radical (unpaired) electrons. The third-order valence-electron chi connectivity index (χ3n) is 3.24. The van der Waals surface area contributed by atoms with E-state index in [1.807, 2.05) is 6.92 Å². The number of methoxy groups -OCH3 is 1. The first kappa shape index (κ1) is 17.9. The van der Waals surface area contributed by atoms with Crippen LogP contribution in [0.5, 0.6) is 5.75 Å². The van der Waals surface area contributed by atoms with Gasteiger partial charge in [0.05, 0.1) is 12.0 Å². The van der Waals surface area contributed by atoms with Crippen molar-refractivity contribution in [2.45, 2.75) is 11.8 Å².